The van der Waals surface area contributed by atoms with Gasteiger partial charge in [-0.05, 0) is 42.9 Å². The average molecular weight is 373 g/mol. The standard InChI is InChI=1S/C19H23N3O3S/c1-3-21(4-2)13-15-6-5-7-16(12-15)20-19(23)14-26-18-10-8-17(9-11-18)22(24)25/h5-12H,3-4,13-14H2,1-2H3,(H,20,23). The number of hydrogen-bond donors (Lipinski definition) is 1. The fraction of sp³-hybridized carbons (Fsp3) is 0.316. The minimum Gasteiger partial charge on any atom is -0.325 e. The summed E-state index contributed by atoms with van der Waals surface area (Å²) in [6, 6.07) is 14.1. The molecule has 0 heterocycles. The van der Waals surface area contributed by atoms with Gasteiger partial charge in [-0.3, -0.25) is 19.8 Å². The second-order valence-corrected chi connectivity index (χ2v) is 6.80. The smallest absolute Gasteiger partial charge is 0.269 e. The molecule has 2 rings (SSSR count). The molecule has 0 spiro atoms. The maximum atomic E-state index is 12.2. The number of carbonyl (C=O) groups is 1. The fourth-order valence-corrected chi connectivity index (χ4v) is 3.16. The van der Waals surface area contributed by atoms with E-state index >= 15 is 0 Å². The fourth-order valence-electron chi connectivity index (χ4n) is 2.46. The summed E-state index contributed by atoms with van der Waals surface area (Å²) in [5.41, 5.74) is 1.99. The van der Waals surface area contributed by atoms with E-state index < -0.39 is 4.92 Å². The van der Waals surface area contributed by atoms with Gasteiger partial charge in [0.15, 0.2) is 0 Å². The molecule has 0 aliphatic heterocycles. The van der Waals surface area contributed by atoms with Crippen LogP contribution in [-0.4, -0.2) is 34.6 Å². The van der Waals surface area contributed by atoms with Crippen LogP contribution in [0, 0.1) is 10.1 Å². The number of nitro benzene ring substituents is 1. The Bertz CT molecular complexity index is 746. The van der Waals surface area contributed by atoms with E-state index in [2.05, 4.69) is 30.1 Å². The number of rotatable bonds is 9. The number of carbonyl (C=O) groups excluding carboxylic acids is 1. The summed E-state index contributed by atoms with van der Waals surface area (Å²) in [6.07, 6.45) is 0. The number of amides is 1. The Kier molecular flexibility index (Phi) is 7.62. The molecule has 0 aliphatic rings. The van der Waals surface area contributed by atoms with E-state index in [9.17, 15) is 14.9 Å². The Labute approximate surface area is 157 Å². The molecule has 0 radical (unpaired) electrons. The largest absolute Gasteiger partial charge is 0.325 e. The van der Waals surface area contributed by atoms with E-state index in [-0.39, 0.29) is 17.3 Å². The number of nitrogens with zero attached hydrogens (tertiary/aromatic N) is 2. The zero-order valence-electron chi connectivity index (χ0n) is 15.0. The molecule has 2 aromatic carbocycles. The average Bonchev–Trinajstić information content (AvgIpc) is 2.65. The first-order chi connectivity index (χ1) is 12.5. The molecule has 1 amide bonds. The topological polar surface area (TPSA) is 75.5 Å². The van der Waals surface area contributed by atoms with Gasteiger partial charge in [-0.2, -0.15) is 0 Å². The molecule has 6 nitrogen and oxygen atoms in total. The Morgan fingerprint density at radius 3 is 2.46 bits per heavy atom. The third-order valence-corrected chi connectivity index (χ3v) is 4.94. The Morgan fingerprint density at radius 1 is 1.15 bits per heavy atom. The van der Waals surface area contributed by atoms with Crippen molar-refractivity contribution in [2.75, 3.05) is 24.2 Å². The molecule has 1 N–H and O–H groups in total. The molecule has 0 unspecified atom stereocenters. The van der Waals surface area contributed by atoms with Crippen molar-refractivity contribution in [3.8, 4) is 0 Å². The van der Waals surface area contributed by atoms with Crippen molar-refractivity contribution < 1.29 is 9.72 Å². The van der Waals surface area contributed by atoms with Gasteiger partial charge in [-0.1, -0.05) is 26.0 Å². The van der Waals surface area contributed by atoms with Crippen molar-refractivity contribution in [3.05, 3.63) is 64.2 Å². The maximum absolute atomic E-state index is 12.2. The second kappa shape index (κ2) is 9.94. The van der Waals surface area contributed by atoms with Gasteiger partial charge >= 0.3 is 0 Å². The summed E-state index contributed by atoms with van der Waals surface area (Å²) in [5, 5.41) is 13.6. The quantitative estimate of drug-likeness (QED) is 0.406. The zero-order chi connectivity index (χ0) is 18.9. The van der Waals surface area contributed by atoms with Gasteiger partial charge in [0.1, 0.15) is 0 Å². The van der Waals surface area contributed by atoms with Crippen LogP contribution in [0.3, 0.4) is 0 Å². The summed E-state index contributed by atoms with van der Waals surface area (Å²) < 4.78 is 0. The van der Waals surface area contributed by atoms with E-state index in [1.807, 2.05) is 18.2 Å². The number of non-ortho nitro benzene ring substituents is 1. The summed E-state index contributed by atoms with van der Waals surface area (Å²) in [7, 11) is 0. The van der Waals surface area contributed by atoms with Gasteiger partial charge in [-0.25, -0.2) is 0 Å². The van der Waals surface area contributed by atoms with Gasteiger partial charge in [0.05, 0.1) is 10.7 Å². The van der Waals surface area contributed by atoms with E-state index in [1.54, 1.807) is 12.1 Å². The molecule has 0 fully saturated rings. The van der Waals surface area contributed by atoms with Crippen LogP contribution < -0.4 is 5.32 Å². The van der Waals surface area contributed by atoms with Crippen LogP contribution in [0.2, 0.25) is 0 Å². The third-order valence-electron chi connectivity index (χ3n) is 3.93. The summed E-state index contributed by atoms with van der Waals surface area (Å²) >= 11 is 1.35. The maximum Gasteiger partial charge on any atom is 0.269 e. The first-order valence-corrected chi connectivity index (χ1v) is 9.48. The molecular formula is C19H23N3O3S. The van der Waals surface area contributed by atoms with Crippen molar-refractivity contribution in [3.63, 3.8) is 0 Å². The molecule has 0 atom stereocenters. The van der Waals surface area contributed by atoms with E-state index in [1.165, 1.54) is 23.9 Å². The molecule has 0 saturated carbocycles. The lowest BCUT2D eigenvalue weighted by Gasteiger charge is -2.18. The molecule has 138 valence electrons. The van der Waals surface area contributed by atoms with Crippen LogP contribution in [0.5, 0.6) is 0 Å². The Balaban J connectivity index is 1.88. The second-order valence-electron chi connectivity index (χ2n) is 5.75. The molecule has 2 aromatic rings. The van der Waals surface area contributed by atoms with Gasteiger partial charge in [0, 0.05) is 29.3 Å². The molecular weight excluding hydrogens is 350 g/mol. The van der Waals surface area contributed by atoms with Gasteiger partial charge in [-0.15, -0.1) is 11.8 Å². The number of hydrogen-bond acceptors (Lipinski definition) is 5. The highest BCUT2D eigenvalue weighted by molar-refractivity contribution is 8.00. The van der Waals surface area contributed by atoms with Gasteiger partial charge in [0.25, 0.3) is 5.69 Å². The van der Waals surface area contributed by atoms with Crippen LogP contribution in [0.25, 0.3) is 0 Å². The molecule has 0 aromatic heterocycles. The predicted octanol–water partition coefficient (Wildman–Crippen LogP) is 4.17. The summed E-state index contributed by atoms with van der Waals surface area (Å²) in [4.78, 5) is 25.5. The number of benzene rings is 2. The monoisotopic (exact) mass is 373 g/mol. The highest BCUT2D eigenvalue weighted by atomic mass is 32.2. The van der Waals surface area contributed by atoms with Crippen molar-refractivity contribution in [2.24, 2.45) is 0 Å². The van der Waals surface area contributed by atoms with E-state index in [4.69, 9.17) is 0 Å². The van der Waals surface area contributed by atoms with Crippen molar-refractivity contribution >= 4 is 29.0 Å². The predicted molar refractivity (Wildman–Crippen MR) is 106 cm³/mol. The molecule has 26 heavy (non-hydrogen) atoms. The third kappa shape index (κ3) is 6.16. The molecule has 7 heteroatoms. The molecule has 0 aliphatic carbocycles. The first-order valence-electron chi connectivity index (χ1n) is 8.50. The van der Waals surface area contributed by atoms with Crippen LogP contribution in [0.1, 0.15) is 19.4 Å². The molecule has 0 bridgehead atoms. The Morgan fingerprint density at radius 2 is 1.85 bits per heavy atom. The number of nitro groups is 1. The highest BCUT2D eigenvalue weighted by Crippen LogP contribution is 2.21. The van der Waals surface area contributed by atoms with Crippen molar-refractivity contribution in [1.82, 2.24) is 4.90 Å². The lowest BCUT2D eigenvalue weighted by atomic mass is 10.2. The number of nitrogens with one attached hydrogen (secondary N) is 1. The number of anilines is 1. The minimum atomic E-state index is -0.438. The number of thioether (sulfide) groups is 1. The summed E-state index contributed by atoms with van der Waals surface area (Å²) in [5.74, 6) is 0.145. The Hall–Kier alpha value is -2.38. The zero-order valence-corrected chi connectivity index (χ0v) is 15.8. The van der Waals surface area contributed by atoms with Gasteiger partial charge < -0.3 is 5.32 Å². The van der Waals surface area contributed by atoms with Crippen LogP contribution >= 0.6 is 11.8 Å². The summed E-state index contributed by atoms with van der Waals surface area (Å²) in [6.45, 7) is 7.08. The first kappa shape index (κ1) is 19.9. The lowest BCUT2D eigenvalue weighted by Crippen LogP contribution is -2.22. The SMILES string of the molecule is CCN(CC)Cc1cccc(NC(=O)CSc2ccc([N+](=O)[O-])cc2)c1. The van der Waals surface area contributed by atoms with Crippen LogP contribution in [0.15, 0.2) is 53.4 Å². The van der Waals surface area contributed by atoms with Crippen molar-refractivity contribution in [2.45, 2.75) is 25.3 Å². The molecule has 0 saturated heterocycles. The van der Waals surface area contributed by atoms with Crippen LogP contribution in [0.4, 0.5) is 11.4 Å². The van der Waals surface area contributed by atoms with Crippen LogP contribution in [-0.2, 0) is 11.3 Å². The lowest BCUT2D eigenvalue weighted by molar-refractivity contribution is -0.384. The van der Waals surface area contributed by atoms with E-state index in [0.717, 1.165) is 35.8 Å². The normalized spacial score (nSPS) is 10.7. The highest BCUT2D eigenvalue weighted by Gasteiger charge is 2.08. The van der Waals surface area contributed by atoms with E-state index in [0.29, 0.717) is 0 Å². The minimum absolute atomic E-state index is 0.0452. The van der Waals surface area contributed by atoms with Gasteiger partial charge in [0.2, 0.25) is 5.91 Å². The van der Waals surface area contributed by atoms with Crippen molar-refractivity contribution in [1.29, 1.82) is 0 Å².